The van der Waals surface area contributed by atoms with Crippen LogP contribution in [0.15, 0.2) is 0 Å². The van der Waals surface area contributed by atoms with Crippen LogP contribution in [-0.2, 0) is 20.4 Å². The van der Waals surface area contributed by atoms with Crippen LogP contribution in [0.3, 0.4) is 0 Å². The Morgan fingerprint density at radius 2 is 0.600 bits per heavy atom. The van der Waals surface area contributed by atoms with E-state index in [2.05, 4.69) is 0 Å². The van der Waals surface area contributed by atoms with E-state index >= 15 is 0 Å². The SMILES string of the molecule is O.O.[Br-].[Br-].[Pd+2]. The van der Waals surface area contributed by atoms with Crippen LogP contribution < -0.4 is 34.0 Å². The zero-order valence-electron chi connectivity index (χ0n) is 2.07. The van der Waals surface area contributed by atoms with Crippen molar-refractivity contribution in [3.8, 4) is 0 Å². The van der Waals surface area contributed by atoms with Gasteiger partial charge in [-0.15, -0.1) is 0 Å². The maximum absolute atomic E-state index is 0. The van der Waals surface area contributed by atoms with Gasteiger partial charge in [0.1, 0.15) is 0 Å². The van der Waals surface area contributed by atoms with E-state index in [9.17, 15) is 0 Å². The number of hydrogen-bond acceptors (Lipinski definition) is 0. The Morgan fingerprint density at radius 1 is 0.600 bits per heavy atom. The summed E-state index contributed by atoms with van der Waals surface area (Å²) >= 11 is 0. The monoisotopic (exact) mass is 300 g/mol. The molecule has 5 heavy (non-hydrogen) atoms. The van der Waals surface area contributed by atoms with E-state index in [4.69, 9.17) is 0 Å². The van der Waals surface area contributed by atoms with Crippen LogP contribution in [0.5, 0.6) is 0 Å². The summed E-state index contributed by atoms with van der Waals surface area (Å²) in [6.45, 7) is 0. The van der Waals surface area contributed by atoms with Crippen LogP contribution in [0.1, 0.15) is 0 Å². The van der Waals surface area contributed by atoms with Gasteiger partial charge in [-0.3, -0.25) is 0 Å². The minimum absolute atomic E-state index is 0. The van der Waals surface area contributed by atoms with Crippen molar-refractivity contribution in [1.82, 2.24) is 0 Å². The molecular formula is H4Br2O2Pd. The van der Waals surface area contributed by atoms with Gasteiger partial charge in [-0.25, -0.2) is 0 Å². The normalized spacial score (nSPS) is 0. The van der Waals surface area contributed by atoms with Crippen LogP contribution in [-0.4, -0.2) is 11.0 Å². The molecule has 2 nitrogen and oxygen atoms in total. The zero-order valence-corrected chi connectivity index (χ0v) is 6.80. The Labute approximate surface area is 65.1 Å². The zero-order chi connectivity index (χ0) is 0. The van der Waals surface area contributed by atoms with Crippen LogP contribution in [0.4, 0.5) is 0 Å². The van der Waals surface area contributed by atoms with Gasteiger partial charge in [0.05, 0.1) is 0 Å². The van der Waals surface area contributed by atoms with Gasteiger partial charge >= 0.3 is 20.4 Å². The van der Waals surface area contributed by atoms with Crippen molar-refractivity contribution in [3.63, 3.8) is 0 Å². The Kier molecular flexibility index (Phi) is 812. The van der Waals surface area contributed by atoms with E-state index in [1.54, 1.807) is 0 Å². The molecule has 0 heterocycles. The average molecular weight is 302 g/mol. The summed E-state index contributed by atoms with van der Waals surface area (Å²) < 4.78 is 0. The summed E-state index contributed by atoms with van der Waals surface area (Å²) in [6.07, 6.45) is 0. The summed E-state index contributed by atoms with van der Waals surface area (Å²) in [5.74, 6) is 0. The largest absolute Gasteiger partial charge is 2.00 e. The maximum Gasteiger partial charge on any atom is 2.00 e. The summed E-state index contributed by atoms with van der Waals surface area (Å²) in [5, 5.41) is 0. The fourth-order valence-electron chi connectivity index (χ4n) is 0. The predicted octanol–water partition coefficient (Wildman–Crippen LogP) is -7.64. The van der Waals surface area contributed by atoms with E-state index in [0.29, 0.717) is 0 Å². The molecule has 0 saturated carbocycles. The molecule has 0 atom stereocenters. The first-order chi connectivity index (χ1) is 0. The molecule has 0 aromatic heterocycles. The second-order valence-corrected chi connectivity index (χ2v) is 0. The topological polar surface area (TPSA) is 63.0 Å². The molecule has 0 radical (unpaired) electrons. The van der Waals surface area contributed by atoms with Gasteiger partial charge in [0.15, 0.2) is 0 Å². The van der Waals surface area contributed by atoms with Gasteiger partial charge in [-0.2, -0.15) is 0 Å². The van der Waals surface area contributed by atoms with Crippen molar-refractivity contribution >= 4 is 0 Å². The van der Waals surface area contributed by atoms with Gasteiger partial charge in [-0.1, -0.05) is 0 Å². The van der Waals surface area contributed by atoms with E-state index in [1.807, 2.05) is 0 Å². The van der Waals surface area contributed by atoms with Crippen LogP contribution in [0.2, 0.25) is 0 Å². The van der Waals surface area contributed by atoms with Gasteiger partial charge < -0.3 is 44.9 Å². The molecule has 0 spiro atoms. The standard InChI is InChI=1S/2BrH.2H2O.Pd/h2*1H;2*1H2;/q;;;;+2/p-2. The molecule has 0 amide bonds. The Morgan fingerprint density at radius 3 is 0.600 bits per heavy atom. The van der Waals surface area contributed by atoms with Crippen molar-refractivity contribution in [2.45, 2.75) is 0 Å². The van der Waals surface area contributed by atoms with Crippen molar-refractivity contribution in [3.05, 3.63) is 0 Å². The molecule has 0 fully saturated rings. The van der Waals surface area contributed by atoms with Crippen molar-refractivity contribution in [2.24, 2.45) is 0 Å². The first kappa shape index (κ1) is 84.5. The summed E-state index contributed by atoms with van der Waals surface area (Å²) in [7, 11) is 0. The van der Waals surface area contributed by atoms with Crippen LogP contribution >= 0.6 is 0 Å². The third-order valence-electron chi connectivity index (χ3n) is 0. The third-order valence-corrected chi connectivity index (χ3v) is 0. The molecule has 5 heteroatoms. The van der Waals surface area contributed by atoms with Gasteiger partial charge in [-0.05, 0) is 0 Å². The molecule has 0 aromatic carbocycles. The van der Waals surface area contributed by atoms with Crippen molar-refractivity contribution in [1.29, 1.82) is 0 Å². The van der Waals surface area contributed by atoms with Gasteiger partial charge in [0.2, 0.25) is 0 Å². The number of rotatable bonds is 0. The molecule has 0 saturated heterocycles. The third kappa shape index (κ3) is 29.2. The molecular weight excluding hydrogens is 298 g/mol. The molecule has 40 valence electrons. The van der Waals surface area contributed by atoms with E-state index in [0.717, 1.165) is 0 Å². The first-order valence-corrected chi connectivity index (χ1v) is 0. The minimum atomic E-state index is 0. The minimum Gasteiger partial charge on any atom is -1.00 e. The van der Waals surface area contributed by atoms with Crippen LogP contribution in [0.25, 0.3) is 0 Å². The van der Waals surface area contributed by atoms with E-state index in [1.165, 1.54) is 0 Å². The first-order valence-electron chi connectivity index (χ1n) is 0. The van der Waals surface area contributed by atoms with Crippen molar-refractivity contribution in [2.75, 3.05) is 0 Å². The molecule has 0 unspecified atom stereocenters. The second kappa shape index (κ2) is 48.1. The predicted molar refractivity (Wildman–Crippen MR) is 7.23 cm³/mol. The van der Waals surface area contributed by atoms with Gasteiger partial charge in [0.25, 0.3) is 0 Å². The molecule has 0 bridgehead atoms. The van der Waals surface area contributed by atoms with Gasteiger partial charge in [0, 0.05) is 0 Å². The Hall–Kier alpha value is 1.54. The molecule has 4 N–H and O–H groups in total. The smallest absolute Gasteiger partial charge is 1.00 e. The average Bonchev–Trinajstić information content (AvgIpc) is 0. The Balaban J connectivity index is 0. The fraction of sp³-hybridized carbons (Fsp3) is 0. The number of hydrogen-bond donors (Lipinski definition) is 0. The second-order valence-electron chi connectivity index (χ2n) is 0. The quantitative estimate of drug-likeness (QED) is 0.399. The van der Waals surface area contributed by atoms with Crippen molar-refractivity contribution < 1.29 is 65.3 Å². The fourth-order valence-corrected chi connectivity index (χ4v) is 0. The molecule has 0 aliphatic carbocycles. The molecule has 0 aliphatic heterocycles. The maximum atomic E-state index is 0. The number of halogens is 2. The summed E-state index contributed by atoms with van der Waals surface area (Å²) in [6, 6.07) is 0. The Bertz CT molecular complexity index is 7.61. The van der Waals surface area contributed by atoms with Crippen LogP contribution in [0, 0.1) is 0 Å². The molecule has 0 rings (SSSR count). The van der Waals surface area contributed by atoms with E-state index < -0.39 is 0 Å². The molecule has 0 aliphatic rings. The summed E-state index contributed by atoms with van der Waals surface area (Å²) in [4.78, 5) is 0. The molecule has 0 aromatic rings. The van der Waals surface area contributed by atoms with E-state index in [-0.39, 0.29) is 65.3 Å². The summed E-state index contributed by atoms with van der Waals surface area (Å²) in [5.41, 5.74) is 0.